The molecule has 0 bridgehead atoms. The summed E-state index contributed by atoms with van der Waals surface area (Å²) in [5.74, 6) is -1.39. The number of carboxylic acids is 1. The maximum absolute atomic E-state index is 12.3. The third-order valence-corrected chi connectivity index (χ3v) is 4.29. The maximum Gasteiger partial charge on any atom is 0.329 e. The number of aromatic nitrogens is 2. The van der Waals surface area contributed by atoms with E-state index in [0.717, 1.165) is 18.4 Å². The van der Waals surface area contributed by atoms with E-state index in [2.05, 4.69) is 10.4 Å². The normalized spacial score (nSPS) is 16.6. The van der Waals surface area contributed by atoms with Gasteiger partial charge in [0.2, 0.25) is 0 Å². The molecule has 1 aliphatic rings. The van der Waals surface area contributed by atoms with E-state index >= 15 is 0 Å². The Bertz CT molecular complexity index is 722. The van der Waals surface area contributed by atoms with Crippen molar-refractivity contribution < 1.29 is 14.7 Å². The van der Waals surface area contributed by atoms with E-state index in [0.29, 0.717) is 12.1 Å². The van der Waals surface area contributed by atoms with E-state index in [-0.39, 0.29) is 5.92 Å². The van der Waals surface area contributed by atoms with Gasteiger partial charge in [-0.05, 0) is 31.2 Å². The van der Waals surface area contributed by atoms with Crippen molar-refractivity contribution in [3.63, 3.8) is 0 Å². The highest BCUT2D eigenvalue weighted by molar-refractivity contribution is 5.97. The molecule has 0 radical (unpaired) electrons. The van der Waals surface area contributed by atoms with Gasteiger partial charge in [-0.25, -0.2) is 4.79 Å². The Morgan fingerprint density at radius 2 is 2.04 bits per heavy atom. The summed E-state index contributed by atoms with van der Waals surface area (Å²) in [6, 6.07) is 9.79. The average molecular weight is 313 g/mol. The zero-order valence-electron chi connectivity index (χ0n) is 12.9. The molecule has 1 aliphatic carbocycles. The maximum atomic E-state index is 12.3. The lowest BCUT2D eigenvalue weighted by molar-refractivity contribution is -0.144. The highest BCUT2D eigenvalue weighted by atomic mass is 16.4. The predicted octanol–water partition coefficient (Wildman–Crippen LogP) is 1.91. The van der Waals surface area contributed by atoms with Gasteiger partial charge in [-0.1, -0.05) is 30.3 Å². The molecule has 1 aromatic heterocycles. The molecule has 6 heteroatoms. The van der Waals surface area contributed by atoms with Gasteiger partial charge in [0.1, 0.15) is 5.54 Å². The van der Waals surface area contributed by atoms with Gasteiger partial charge in [-0.15, -0.1) is 0 Å². The lowest BCUT2D eigenvalue weighted by Gasteiger charge is -2.25. The van der Waals surface area contributed by atoms with Crippen molar-refractivity contribution in [2.45, 2.75) is 31.8 Å². The molecule has 1 heterocycles. The Morgan fingerprint density at radius 3 is 2.65 bits per heavy atom. The van der Waals surface area contributed by atoms with E-state index in [1.165, 1.54) is 6.20 Å². The average Bonchev–Trinajstić information content (AvgIpc) is 3.29. The molecule has 0 spiro atoms. The van der Waals surface area contributed by atoms with Crippen molar-refractivity contribution in [2.24, 2.45) is 5.92 Å². The first-order valence-electron chi connectivity index (χ1n) is 7.61. The minimum atomic E-state index is -1.21. The SMILES string of the molecule is C[C@](NC(=O)c1cnn(Cc2ccccc2)c1)(C(=O)O)C1CC1. The third kappa shape index (κ3) is 3.26. The van der Waals surface area contributed by atoms with E-state index < -0.39 is 17.4 Å². The van der Waals surface area contributed by atoms with Crippen LogP contribution in [-0.4, -0.2) is 32.3 Å². The van der Waals surface area contributed by atoms with Gasteiger partial charge in [0.15, 0.2) is 0 Å². The lowest BCUT2D eigenvalue weighted by Crippen LogP contribution is -2.53. The van der Waals surface area contributed by atoms with Crippen LogP contribution in [-0.2, 0) is 11.3 Å². The van der Waals surface area contributed by atoms with Gasteiger partial charge >= 0.3 is 5.97 Å². The van der Waals surface area contributed by atoms with Crippen molar-refractivity contribution >= 4 is 11.9 Å². The smallest absolute Gasteiger partial charge is 0.329 e. The first kappa shape index (κ1) is 15.3. The molecule has 1 saturated carbocycles. The van der Waals surface area contributed by atoms with Crippen LogP contribution in [0.1, 0.15) is 35.7 Å². The molecule has 6 nitrogen and oxygen atoms in total. The van der Waals surface area contributed by atoms with Crippen LogP contribution in [0.4, 0.5) is 0 Å². The van der Waals surface area contributed by atoms with Crippen LogP contribution in [0.2, 0.25) is 0 Å². The summed E-state index contributed by atoms with van der Waals surface area (Å²) in [6.45, 7) is 2.13. The Labute approximate surface area is 134 Å². The Kier molecular flexibility index (Phi) is 3.90. The summed E-state index contributed by atoms with van der Waals surface area (Å²) in [5.41, 5.74) is 0.239. The van der Waals surface area contributed by atoms with Gasteiger partial charge in [0.05, 0.1) is 18.3 Å². The van der Waals surface area contributed by atoms with Crippen molar-refractivity contribution in [2.75, 3.05) is 0 Å². The summed E-state index contributed by atoms with van der Waals surface area (Å²) in [6.07, 6.45) is 4.76. The van der Waals surface area contributed by atoms with E-state index in [9.17, 15) is 14.7 Å². The molecule has 120 valence electrons. The number of hydrogen-bond acceptors (Lipinski definition) is 3. The number of amides is 1. The molecular formula is C17H19N3O3. The van der Waals surface area contributed by atoms with Crippen LogP contribution in [0.5, 0.6) is 0 Å². The van der Waals surface area contributed by atoms with Crippen LogP contribution in [0.25, 0.3) is 0 Å². The van der Waals surface area contributed by atoms with Crippen LogP contribution in [0.3, 0.4) is 0 Å². The molecule has 1 aromatic carbocycles. The number of benzene rings is 1. The van der Waals surface area contributed by atoms with Gasteiger partial charge < -0.3 is 10.4 Å². The minimum absolute atomic E-state index is 0.00307. The van der Waals surface area contributed by atoms with E-state index in [4.69, 9.17) is 0 Å². The third-order valence-electron chi connectivity index (χ3n) is 4.29. The number of rotatable bonds is 6. The summed E-state index contributed by atoms with van der Waals surface area (Å²) >= 11 is 0. The molecule has 0 unspecified atom stereocenters. The van der Waals surface area contributed by atoms with Gasteiger partial charge in [0.25, 0.3) is 5.91 Å². The molecule has 1 atom stereocenters. The van der Waals surface area contributed by atoms with Gasteiger partial charge in [-0.3, -0.25) is 9.48 Å². The number of aliphatic carboxylic acids is 1. The molecule has 23 heavy (non-hydrogen) atoms. The monoisotopic (exact) mass is 313 g/mol. The van der Waals surface area contributed by atoms with Gasteiger partial charge in [0, 0.05) is 6.20 Å². The molecule has 1 fully saturated rings. The molecular weight excluding hydrogens is 294 g/mol. The van der Waals surface area contributed by atoms with Crippen molar-refractivity contribution in [3.8, 4) is 0 Å². The highest BCUT2D eigenvalue weighted by Gasteiger charge is 2.48. The predicted molar refractivity (Wildman–Crippen MR) is 84.0 cm³/mol. The van der Waals surface area contributed by atoms with Crippen LogP contribution in [0, 0.1) is 5.92 Å². The Hall–Kier alpha value is -2.63. The number of carbonyl (C=O) groups is 2. The number of carbonyl (C=O) groups excluding carboxylic acids is 1. The molecule has 3 rings (SSSR count). The first-order valence-corrected chi connectivity index (χ1v) is 7.61. The number of nitrogens with zero attached hydrogens (tertiary/aromatic N) is 2. The fourth-order valence-corrected chi connectivity index (χ4v) is 2.64. The topological polar surface area (TPSA) is 84.2 Å². The zero-order chi connectivity index (χ0) is 16.4. The number of hydrogen-bond donors (Lipinski definition) is 2. The lowest BCUT2D eigenvalue weighted by atomic mass is 9.95. The van der Waals surface area contributed by atoms with Crippen molar-refractivity contribution in [3.05, 3.63) is 53.9 Å². The van der Waals surface area contributed by atoms with Crippen LogP contribution >= 0.6 is 0 Å². The standard InChI is InChI=1S/C17H19N3O3/c1-17(16(22)23,14-7-8-14)19-15(21)13-9-18-20(11-13)10-12-5-3-2-4-6-12/h2-6,9,11,14H,7-8,10H2,1H3,(H,19,21)(H,22,23)/t17-/m1/s1. The second-order valence-electron chi connectivity index (χ2n) is 6.15. The minimum Gasteiger partial charge on any atom is -0.480 e. The summed E-state index contributed by atoms with van der Waals surface area (Å²) in [4.78, 5) is 23.8. The first-order chi connectivity index (χ1) is 11.0. The number of nitrogens with one attached hydrogen (secondary N) is 1. The van der Waals surface area contributed by atoms with Crippen molar-refractivity contribution in [1.82, 2.24) is 15.1 Å². The molecule has 2 aromatic rings. The molecule has 1 amide bonds. The van der Waals surface area contributed by atoms with Crippen molar-refractivity contribution in [1.29, 1.82) is 0 Å². The van der Waals surface area contributed by atoms with Crippen LogP contribution in [0.15, 0.2) is 42.7 Å². The molecule has 0 aliphatic heterocycles. The molecule has 0 saturated heterocycles. The fourth-order valence-electron chi connectivity index (χ4n) is 2.64. The Morgan fingerprint density at radius 1 is 1.35 bits per heavy atom. The van der Waals surface area contributed by atoms with Crippen LogP contribution < -0.4 is 5.32 Å². The Balaban J connectivity index is 1.70. The second-order valence-corrected chi connectivity index (χ2v) is 6.15. The number of carboxylic acid groups (broad SMARTS) is 1. The van der Waals surface area contributed by atoms with E-state index in [1.807, 2.05) is 30.3 Å². The van der Waals surface area contributed by atoms with Gasteiger partial charge in [-0.2, -0.15) is 5.10 Å². The quantitative estimate of drug-likeness (QED) is 0.853. The highest BCUT2D eigenvalue weighted by Crippen LogP contribution is 2.39. The molecule has 2 N–H and O–H groups in total. The largest absolute Gasteiger partial charge is 0.480 e. The van der Waals surface area contributed by atoms with E-state index in [1.54, 1.807) is 17.8 Å². The zero-order valence-corrected chi connectivity index (χ0v) is 12.9. The fraction of sp³-hybridized carbons (Fsp3) is 0.353. The summed E-state index contributed by atoms with van der Waals surface area (Å²) in [7, 11) is 0. The summed E-state index contributed by atoms with van der Waals surface area (Å²) < 4.78 is 1.67. The summed E-state index contributed by atoms with van der Waals surface area (Å²) in [5, 5.41) is 16.2. The second kappa shape index (κ2) is 5.87.